The van der Waals surface area contributed by atoms with E-state index in [1.807, 2.05) is 39.8 Å². The summed E-state index contributed by atoms with van der Waals surface area (Å²) in [5.41, 5.74) is -3.79. The second-order valence-corrected chi connectivity index (χ2v) is 13.8. The summed E-state index contributed by atoms with van der Waals surface area (Å²) in [7, 11) is 0. The van der Waals surface area contributed by atoms with Gasteiger partial charge in [0.25, 0.3) is 0 Å². The molecule has 0 bridgehead atoms. The Kier molecular flexibility index (Phi) is 7.64. The molecule has 38 heavy (non-hydrogen) atoms. The van der Waals surface area contributed by atoms with Crippen molar-refractivity contribution in [3.8, 4) is 0 Å². The highest BCUT2D eigenvalue weighted by Gasteiger charge is 2.87. The van der Waals surface area contributed by atoms with E-state index in [1.165, 1.54) is 25.7 Å². The predicted octanol–water partition coefficient (Wildman–Crippen LogP) is 5.29. The topological polar surface area (TPSA) is 104 Å². The number of hydrogen-bond donors (Lipinski definition) is 3. The lowest BCUT2D eigenvalue weighted by atomic mass is 9.46. The van der Waals surface area contributed by atoms with E-state index in [2.05, 4.69) is 13.8 Å². The van der Waals surface area contributed by atoms with Crippen LogP contribution in [0.15, 0.2) is 23.3 Å². The van der Waals surface area contributed by atoms with E-state index in [4.69, 9.17) is 4.74 Å². The van der Waals surface area contributed by atoms with E-state index >= 15 is 0 Å². The van der Waals surface area contributed by atoms with E-state index in [0.29, 0.717) is 17.6 Å². The molecule has 0 spiro atoms. The molecule has 4 aliphatic rings. The molecule has 0 unspecified atom stereocenters. The zero-order chi connectivity index (χ0) is 28.3. The molecule has 0 radical (unpaired) electrons. The number of aliphatic hydroxyl groups is 3. The van der Waals surface area contributed by atoms with Gasteiger partial charge in [-0.05, 0) is 41.7 Å². The number of unbranched alkanes of at least 4 members (excludes halogenated alkanes) is 6. The maximum Gasteiger partial charge on any atom is 0.306 e. The second-order valence-electron chi connectivity index (χ2n) is 13.8. The fourth-order valence-electron chi connectivity index (χ4n) is 9.03. The quantitative estimate of drug-likeness (QED) is 0.202. The summed E-state index contributed by atoms with van der Waals surface area (Å²) < 4.78 is 6.29. The standard InChI is InChI=1S/C32H50O6/c1-8-9-10-11-12-13-14-15-24(34)38-32-25(28(32,4)5)23-16-22(19-33)18-31(37)26(35)20(2)17-29(31,6)30(23,7)21(3)27(32)36/h16-17,21,23,25,27,33,36-37H,8-15,18-19H2,1-7H3/t21-,23+,25-,27-,29+,30+,31+,32-/m1/s1. The first-order valence-corrected chi connectivity index (χ1v) is 14.9. The Labute approximate surface area is 228 Å². The minimum absolute atomic E-state index is 0.0553. The summed E-state index contributed by atoms with van der Waals surface area (Å²) in [6, 6.07) is 0. The van der Waals surface area contributed by atoms with E-state index in [0.717, 1.165) is 19.3 Å². The third kappa shape index (κ3) is 3.76. The van der Waals surface area contributed by atoms with Gasteiger partial charge in [-0.25, -0.2) is 0 Å². The van der Waals surface area contributed by atoms with Crippen LogP contribution in [-0.4, -0.2) is 51.0 Å². The summed E-state index contributed by atoms with van der Waals surface area (Å²) in [6.07, 6.45) is 11.2. The molecule has 6 nitrogen and oxygen atoms in total. The smallest absolute Gasteiger partial charge is 0.306 e. The van der Waals surface area contributed by atoms with Gasteiger partial charge in [-0.1, -0.05) is 92.2 Å². The number of carbonyl (C=O) groups excluding carboxylic acids is 2. The second kappa shape index (κ2) is 9.85. The number of aliphatic hydroxyl groups excluding tert-OH is 2. The molecule has 4 aliphatic carbocycles. The third-order valence-electron chi connectivity index (χ3n) is 11.7. The Bertz CT molecular complexity index is 1030. The van der Waals surface area contributed by atoms with Gasteiger partial charge in [-0.3, -0.25) is 9.59 Å². The number of ketones is 1. The number of Topliss-reactive ketones (excluding diaryl/α,β-unsaturated/α-hetero) is 1. The van der Waals surface area contributed by atoms with Crippen LogP contribution in [0.5, 0.6) is 0 Å². The average molecular weight is 531 g/mol. The molecule has 0 saturated heterocycles. The minimum atomic E-state index is -1.70. The summed E-state index contributed by atoms with van der Waals surface area (Å²) in [5.74, 6) is -1.38. The van der Waals surface area contributed by atoms with Gasteiger partial charge in [0, 0.05) is 29.6 Å². The van der Waals surface area contributed by atoms with Gasteiger partial charge in [0.05, 0.1) is 12.7 Å². The molecule has 2 fully saturated rings. The maximum atomic E-state index is 13.4. The number of ether oxygens (including phenoxy) is 1. The zero-order valence-corrected chi connectivity index (χ0v) is 24.6. The first-order valence-electron chi connectivity index (χ1n) is 14.9. The lowest BCUT2D eigenvalue weighted by molar-refractivity contribution is -0.208. The van der Waals surface area contributed by atoms with Crippen LogP contribution in [0.1, 0.15) is 106 Å². The summed E-state index contributed by atoms with van der Waals surface area (Å²) >= 11 is 0. The van der Waals surface area contributed by atoms with Gasteiger partial charge in [-0.15, -0.1) is 0 Å². The lowest BCUT2D eigenvalue weighted by Crippen LogP contribution is -2.64. The average Bonchev–Trinajstić information content (AvgIpc) is 3.31. The van der Waals surface area contributed by atoms with Crippen molar-refractivity contribution in [1.82, 2.24) is 0 Å². The fourth-order valence-corrected chi connectivity index (χ4v) is 9.03. The van der Waals surface area contributed by atoms with Crippen molar-refractivity contribution in [2.75, 3.05) is 6.61 Å². The molecule has 8 atom stereocenters. The number of fused-ring (bicyclic) bond motifs is 5. The molecule has 4 rings (SSSR count). The van der Waals surface area contributed by atoms with E-state index in [-0.39, 0.29) is 36.6 Å². The van der Waals surface area contributed by atoms with Gasteiger partial charge in [0.15, 0.2) is 5.78 Å². The first-order chi connectivity index (χ1) is 17.7. The number of carbonyl (C=O) groups is 2. The van der Waals surface area contributed by atoms with Crippen LogP contribution in [0.4, 0.5) is 0 Å². The number of hydrogen-bond acceptors (Lipinski definition) is 6. The van der Waals surface area contributed by atoms with Crippen molar-refractivity contribution in [3.63, 3.8) is 0 Å². The Morgan fingerprint density at radius 1 is 1.08 bits per heavy atom. The van der Waals surface area contributed by atoms with Gasteiger partial charge in [0.1, 0.15) is 11.2 Å². The van der Waals surface area contributed by atoms with Gasteiger partial charge in [-0.2, -0.15) is 0 Å². The van der Waals surface area contributed by atoms with Crippen LogP contribution in [-0.2, 0) is 14.3 Å². The highest BCUT2D eigenvalue weighted by atomic mass is 16.6. The van der Waals surface area contributed by atoms with Crippen LogP contribution in [0.25, 0.3) is 0 Å². The van der Waals surface area contributed by atoms with Crippen molar-refractivity contribution >= 4 is 11.8 Å². The molecule has 2 saturated carbocycles. The Hall–Kier alpha value is -1.50. The van der Waals surface area contributed by atoms with Crippen molar-refractivity contribution in [2.45, 2.75) is 124 Å². The monoisotopic (exact) mass is 530 g/mol. The van der Waals surface area contributed by atoms with E-state index < -0.39 is 39.5 Å². The number of esters is 1. The van der Waals surface area contributed by atoms with Gasteiger partial charge in [0.2, 0.25) is 0 Å². The molecular formula is C32H50O6. The minimum Gasteiger partial charge on any atom is -0.455 e. The normalized spacial score (nSPS) is 42.8. The van der Waals surface area contributed by atoms with Crippen LogP contribution < -0.4 is 0 Å². The number of allylic oxidation sites excluding steroid dienone is 1. The number of rotatable bonds is 10. The molecule has 214 valence electrons. The van der Waals surface area contributed by atoms with E-state index in [9.17, 15) is 24.9 Å². The van der Waals surface area contributed by atoms with Crippen LogP contribution in [0.2, 0.25) is 0 Å². The highest BCUT2D eigenvalue weighted by Crippen LogP contribution is 2.80. The molecule has 0 amide bonds. The summed E-state index contributed by atoms with van der Waals surface area (Å²) in [4.78, 5) is 26.5. The van der Waals surface area contributed by atoms with Crippen LogP contribution >= 0.6 is 0 Å². The lowest BCUT2D eigenvalue weighted by Gasteiger charge is -2.59. The SMILES string of the molecule is CCCCCCCCCC(=O)O[C@@]12[C@H](O)[C@@H](C)[C@@]3(C)[C@@H](C=C(CO)C[C@]4(O)C(=O)C(C)=C[C@@]34C)[C@@H]1C2(C)C. The largest absolute Gasteiger partial charge is 0.455 e. The van der Waals surface area contributed by atoms with Crippen LogP contribution in [0, 0.1) is 34.0 Å². The van der Waals surface area contributed by atoms with Crippen molar-refractivity contribution < 1.29 is 29.6 Å². The van der Waals surface area contributed by atoms with Gasteiger partial charge < -0.3 is 20.1 Å². The molecule has 6 heteroatoms. The molecule has 0 aliphatic heterocycles. The first kappa shape index (κ1) is 29.5. The summed E-state index contributed by atoms with van der Waals surface area (Å²) in [6.45, 7) is 13.7. The Morgan fingerprint density at radius 2 is 1.68 bits per heavy atom. The molecule has 0 aromatic carbocycles. The fraction of sp³-hybridized carbons (Fsp3) is 0.812. The predicted molar refractivity (Wildman–Crippen MR) is 147 cm³/mol. The molecule has 0 aromatic heterocycles. The Balaban J connectivity index is 1.64. The van der Waals surface area contributed by atoms with Crippen molar-refractivity contribution in [3.05, 3.63) is 23.3 Å². The zero-order valence-electron chi connectivity index (χ0n) is 24.6. The van der Waals surface area contributed by atoms with Crippen molar-refractivity contribution in [2.24, 2.45) is 34.0 Å². The Morgan fingerprint density at radius 3 is 2.29 bits per heavy atom. The summed E-state index contributed by atoms with van der Waals surface area (Å²) in [5, 5.41) is 34.2. The maximum absolute atomic E-state index is 13.4. The third-order valence-corrected chi connectivity index (χ3v) is 11.7. The molecular weight excluding hydrogens is 480 g/mol. The molecule has 0 aromatic rings. The highest BCUT2D eigenvalue weighted by molar-refractivity contribution is 6.05. The molecule has 0 heterocycles. The van der Waals surface area contributed by atoms with E-state index in [1.54, 1.807) is 6.92 Å². The van der Waals surface area contributed by atoms with Gasteiger partial charge >= 0.3 is 5.97 Å². The molecule has 3 N–H and O–H groups in total. The van der Waals surface area contributed by atoms with Crippen molar-refractivity contribution in [1.29, 1.82) is 0 Å². The van der Waals surface area contributed by atoms with Crippen LogP contribution in [0.3, 0.4) is 0 Å².